The van der Waals surface area contributed by atoms with E-state index in [9.17, 15) is 9.90 Å². The number of aliphatic hydroxyl groups is 1. The fraction of sp³-hybridized carbons (Fsp3) is 0.500. The summed E-state index contributed by atoms with van der Waals surface area (Å²) in [6.45, 7) is 0.112. The van der Waals surface area contributed by atoms with Gasteiger partial charge in [0.25, 0.3) is 0 Å². The van der Waals surface area contributed by atoms with Crippen molar-refractivity contribution in [2.75, 3.05) is 13.7 Å². The van der Waals surface area contributed by atoms with Crippen LogP contribution in [0.25, 0.3) is 0 Å². The predicted molar refractivity (Wildman–Crippen MR) is 68.8 cm³/mol. The third-order valence-corrected chi connectivity index (χ3v) is 2.97. The molecule has 0 spiro atoms. The molecule has 0 heterocycles. The fourth-order valence-electron chi connectivity index (χ4n) is 1.95. The van der Waals surface area contributed by atoms with Gasteiger partial charge < -0.3 is 14.9 Å². The minimum atomic E-state index is -0.793. The van der Waals surface area contributed by atoms with E-state index in [-0.39, 0.29) is 6.61 Å². The van der Waals surface area contributed by atoms with Crippen LogP contribution in [0.1, 0.15) is 24.8 Å². The maximum atomic E-state index is 11.2. The Morgan fingerprint density at radius 2 is 2.06 bits per heavy atom. The largest absolute Gasteiger partial charge is 0.496 e. The minimum Gasteiger partial charge on any atom is -0.496 e. The van der Waals surface area contributed by atoms with Gasteiger partial charge in [-0.3, -0.25) is 4.79 Å². The summed E-state index contributed by atoms with van der Waals surface area (Å²) in [5.74, 6) is -0.488. The third kappa shape index (κ3) is 4.37. The number of benzene rings is 1. The molecule has 0 aromatic heterocycles. The van der Waals surface area contributed by atoms with Crippen LogP contribution in [0.3, 0.4) is 0 Å². The number of aliphatic carboxylic acids is 1. The number of carboxylic acid groups (broad SMARTS) is 1. The summed E-state index contributed by atoms with van der Waals surface area (Å²) in [7, 11) is 1.58. The van der Waals surface area contributed by atoms with Gasteiger partial charge in [-0.2, -0.15) is 0 Å². The lowest BCUT2D eigenvalue weighted by molar-refractivity contribution is -0.142. The van der Waals surface area contributed by atoms with E-state index in [1.807, 2.05) is 24.3 Å². The van der Waals surface area contributed by atoms with E-state index in [0.29, 0.717) is 19.3 Å². The SMILES string of the molecule is COc1ccccc1CC(CCCCO)C(=O)O. The molecule has 1 unspecified atom stereocenters. The van der Waals surface area contributed by atoms with Crippen LogP contribution < -0.4 is 4.74 Å². The second-order valence-electron chi connectivity index (χ2n) is 4.27. The predicted octanol–water partition coefficient (Wildman–Crippen LogP) is 2.10. The Hall–Kier alpha value is -1.55. The molecule has 0 aliphatic heterocycles. The quantitative estimate of drug-likeness (QED) is 0.695. The van der Waals surface area contributed by atoms with Crippen LogP contribution in [0, 0.1) is 5.92 Å². The molecule has 1 rings (SSSR count). The minimum absolute atomic E-state index is 0.112. The number of hydrogen-bond acceptors (Lipinski definition) is 3. The number of para-hydroxylation sites is 1. The summed E-state index contributed by atoms with van der Waals surface area (Å²) < 4.78 is 5.22. The Labute approximate surface area is 107 Å². The van der Waals surface area contributed by atoms with Crippen molar-refractivity contribution in [1.29, 1.82) is 0 Å². The monoisotopic (exact) mass is 252 g/mol. The molecular formula is C14H20O4. The van der Waals surface area contributed by atoms with Crippen molar-refractivity contribution in [2.45, 2.75) is 25.7 Å². The summed E-state index contributed by atoms with van der Waals surface area (Å²) in [6.07, 6.45) is 2.41. The zero-order valence-electron chi connectivity index (χ0n) is 10.6. The maximum Gasteiger partial charge on any atom is 0.306 e. The van der Waals surface area contributed by atoms with Crippen molar-refractivity contribution in [3.8, 4) is 5.75 Å². The highest BCUT2D eigenvalue weighted by molar-refractivity contribution is 5.70. The lowest BCUT2D eigenvalue weighted by Crippen LogP contribution is -2.17. The first-order chi connectivity index (χ1) is 8.69. The molecule has 0 aliphatic rings. The number of unbranched alkanes of at least 4 members (excludes halogenated alkanes) is 1. The lowest BCUT2D eigenvalue weighted by atomic mass is 9.94. The summed E-state index contributed by atoms with van der Waals surface area (Å²) in [5.41, 5.74) is 0.913. The standard InChI is InChI=1S/C14H20O4/c1-18-13-8-3-2-6-11(13)10-12(14(16)17)7-4-5-9-15/h2-3,6,8,12,15H,4-5,7,9-10H2,1H3,(H,16,17). The van der Waals surface area contributed by atoms with Gasteiger partial charge in [-0.05, 0) is 30.9 Å². The number of hydrogen-bond donors (Lipinski definition) is 2. The van der Waals surface area contributed by atoms with E-state index >= 15 is 0 Å². The Bertz CT molecular complexity index is 376. The Kier molecular flexibility index (Phi) is 6.22. The van der Waals surface area contributed by atoms with Gasteiger partial charge in [-0.25, -0.2) is 0 Å². The van der Waals surface area contributed by atoms with Gasteiger partial charge in [-0.1, -0.05) is 24.6 Å². The lowest BCUT2D eigenvalue weighted by Gasteiger charge is -2.14. The van der Waals surface area contributed by atoms with Crippen molar-refractivity contribution < 1.29 is 19.7 Å². The highest BCUT2D eigenvalue weighted by atomic mass is 16.5. The average molecular weight is 252 g/mol. The molecule has 0 fully saturated rings. The molecule has 0 aliphatic carbocycles. The van der Waals surface area contributed by atoms with Gasteiger partial charge in [0.05, 0.1) is 13.0 Å². The Morgan fingerprint density at radius 3 is 2.67 bits per heavy atom. The number of carbonyl (C=O) groups is 1. The van der Waals surface area contributed by atoms with Gasteiger partial charge in [0.15, 0.2) is 0 Å². The molecule has 1 atom stereocenters. The van der Waals surface area contributed by atoms with Crippen LogP contribution in [0.5, 0.6) is 5.75 Å². The van der Waals surface area contributed by atoms with Crippen molar-refractivity contribution in [2.24, 2.45) is 5.92 Å². The summed E-state index contributed by atoms with van der Waals surface area (Å²) in [6, 6.07) is 7.47. The Morgan fingerprint density at radius 1 is 1.33 bits per heavy atom. The summed E-state index contributed by atoms with van der Waals surface area (Å²) in [5, 5.41) is 17.9. The third-order valence-electron chi connectivity index (χ3n) is 2.97. The molecule has 1 aromatic carbocycles. The van der Waals surface area contributed by atoms with E-state index in [1.165, 1.54) is 0 Å². The topological polar surface area (TPSA) is 66.8 Å². The molecule has 0 bridgehead atoms. The number of aliphatic hydroxyl groups excluding tert-OH is 1. The molecule has 4 heteroatoms. The van der Waals surface area contributed by atoms with Gasteiger partial charge in [0.2, 0.25) is 0 Å². The van der Waals surface area contributed by atoms with E-state index in [2.05, 4.69) is 0 Å². The molecule has 0 saturated heterocycles. The van der Waals surface area contributed by atoms with Crippen LogP contribution in [-0.4, -0.2) is 29.9 Å². The number of rotatable bonds is 8. The first-order valence-corrected chi connectivity index (χ1v) is 6.14. The van der Waals surface area contributed by atoms with Crippen LogP contribution in [0.15, 0.2) is 24.3 Å². The smallest absolute Gasteiger partial charge is 0.306 e. The van der Waals surface area contributed by atoms with Gasteiger partial charge in [-0.15, -0.1) is 0 Å². The van der Waals surface area contributed by atoms with Crippen LogP contribution in [-0.2, 0) is 11.2 Å². The molecule has 2 N–H and O–H groups in total. The van der Waals surface area contributed by atoms with Crippen molar-refractivity contribution >= 4 is 5.97 Å². The molecule has 0 radical (unpaired) electrons. The van der Waals surface area contributed by atoms with Crippen molar-refractivity contribution in [3.63, 3.8) is 0 Å². The first-order valence-electron chi connectivity index (χ1n) is 6.14. The molecule has 18 heavy (non-hydrogen) atoms. The summed E-state index contributed by atoms with van der Waals surface area (Å²) >= 11 is 0. The molecule has 4 nitrogen and oxygen atoms in total. The molecule has 0 amide bonds. The second kappa shape index (κ2) is 7.71. The highest BCUT2D eigenvalue weighted by Gasteiger charge is 2.19. The molecule has 1 aromatic rings. The van der Waals surface area contributed by atoms with Crippen LogP contribution >= 0.6 is 0 Å². The van der Waals surface area contributed by atoms with E-state index in [1.54, 1.807) is 7.11 Å². The number of carboxylic acids is 1. The average Bonchev–Trinajstić information content (AvgIpc) is 2.38. The Balaban J connectivity index is 2.67. The number of ether oxygens (including phenoxy) is 1. The zero-order chi connectivity index (χ0) is 13.4. The van der Waals surface area contributed by atoms with Gasteiger partial charge >= 0.3 is 5.97 Å². The van der Waals surface area contributed by atoms with E-state index < -0.39 is 11.9 Å². The van der Waals surface area contributed by atoms with E-state index in [4.69, 9.17) is 9.84 Å². The molecule has 0 saturated carbocycles. The van der Waals surface area contributed by atoms with E-state index in [0.717, 1.165) is 17.7 Å². The van der Waals surface area contributed by atoms with Crippen LogP contribution in [0.2, 0.25) is 0 Å². The first kappa shape index (κ1) is 14.5. The second-order valence-corrected chi connectivity index (χ2v) is 4.27. The number of methoxy groups -OCH3 is 1. The maximum absolute atomic E-state index is 11.2. The van der Waals surface area contributed by atoms with Gasteiger partial charge in [0.1, 0.15) is 5.75 Å². The molecule has 100 valence electrons. The molecular weight excluding hydrogens is 232 g/mol. The fourth-order valence-corrected chi connectivity index (χ4v) is 1.95. The van der Waals surface area contributed by atoms with Crippen LogP contribution in [0.4, 0.5) is 0 Å². The van der Waals surface area contributed by atoms with Crippen molar-refractivity contribution in [1.82, 2.24) is 0 Å². The highest BCUT2D eigenvalue weighted by Crippen LogP contribution is 2.23. The summed E-state index contributed by atoms with van der Waals surface area (Å²) in [4.78, 5) is 11.2. The normalized spacial score (nSPS) is 12.1. The van der Waals surface area contributed by atoms with Crippen molar-refractivity contribution in [3.05, 3.63) is 29.8 Å². The zero-order valence-corrected chi connectivity index (χ0v) is 10.6. The van der Waals surface area contributed by atoms with Gasteiger partial charge in [0, 0.05) is 6.61 Å².